The van der Waals surface area contributed by atoms with Gasteiger partial charge in [-0.15, -0.1) is 0 Å². The number of fused-ring (bicyclic) bond motifs is 1. The molecule has 0 fully saturated rings. The highest BCUT2D eigenvalue weighted by atomic mass is 32.2. The Balaban J connectivity index is 1.63. The van der Waals surface area contributed by atoms with E-state index in [0.29, 0.717) is 17.1 Å². The van der Waals surface area contributed by atoms with E-state index in [-0.39, 0.29) is 6.54 Å². The average molecular weight is 422 g/mol. The van der Waals surface area contributed by atoms with Gasteiger partial charge in [-0.05, 0) is 56.2 Å². The number of nitrogens with zero attached hydrogens (tertiary/aromatic N) is 4. The van der Waals surface area contributed by atoms with Crippen molar-refractivity contribution in [1.82, 2.24) is 24.2 Å². The van der Waals surface area contributed by atoms with E-state index >= 15 is 0 Å². The predicted molar refractivity (Wildman–Crippen MR) is 117 cm³/mol. The number of hydrogen-bond donors (Lipinski definition) is 1. The standard InChI is InChI=1S/C22H23N5O2S/c1-15-13-16(2)20(17(3)14-15)30(28,29)25-11-12-27-21(18-6-9-23-10-7-18)26-19-5-4-8-24-22(19)27/h4-10,13-14,25H,11-12H2,1-3H3. The lowest BCUT2D eigenvalue weighted by atomic mass is 10.1. The molecule has 0 spiro atoms. The maximum atomic E-state index is 13.0. The van der Waals surface area contributed by atoms with Crippen LogP contribution < -0.4 is 4.72 Å². The number of sulfonamides is 1. The van der Waals surface area contributed by atoms with Gasteiger partial charge in [0.05, 0.1) is 4.90 Å². The number of hydrogen-bond acceptors (Lipinski definition) is 5. The predicted octanol–water partition coefficient (Wildman–Crippen LogP) is 3.40. The fourth-order valence-electron chi connectivity index (χ4n) is 3.85. The quantitative estimate of drug-likeness (QED) is 0.515. The molecule has 0 aliphatic rings. The molecule has 7 nitrogen and oxygen atoms in total. The third kappa shape index (κ3) is 3.83. The molecular weight excluding hydrogens is 398 g/mol. The van der Waals surface area contributed by atoms with Gasteiger partial charge in [0.25, 0.3) is 0 Å². The smallest absolute Gasteiger partial charge is 0.241 e. The van der Waals surface area contributed by atoms with Gasteiger partial charge in [0.2, 0.25) is 10.0 Å². The van der Waals surface area contributed by atoms with Crippen LogP contribution in [0.15, 0.2) is 59.9 Å². The largest absolute Gasteiger partial charge is 0.307 e. The minimum Gasteiger partial charge on any atom is -0.307 e. The first kappa shape index (κ1) is 20.2. The van der Waals surface area contributed by atoms with Gasteiger partial charge in [-0.25, -0.2) is 23.1 Å². The Bertz CT molecular complexity index is 1290. The first-order chi connectivity index (χ1) is 14.4. The van der Waals surface area contributed by atoms with Gasteiger partial charge in [-0.2, -0.15) is 0 Å². The summed E-state index contributed by atoms with van der Waals surface area (Å²) in [5, 5.41) is 0. The monoisotopic (exact) mass is 421 g/mol. The molecule has 1 aromatic carbocycles. The van der Waals surface area contributed by atoms with Gasteiger partial charge in [0, 0.05) is 37.2 Å². The summed E-state index contributed by atoms with van der Waals surface area (Å²) >= 11 is 0. The number of rotatable bonds is 6. The SMILES string of the molecule is Cc1cc(C)c(S(=O)(=O)NCCn2c(-c3ccncc3)nc3cccnc32)c(C)c1. The Morgan fingerprint density at radius 3 is 2.40 bits per heavy atom. The van der Waals surface area contributed by atoms with E-state index in [1.807, 2.05) is 61.7 Å². The summed E-state index contributed by atoms with van der Waals surface area (Å²) in [7, 11) is -3.64. The van der Waals surface area contributed by atoms with Crippen molar-refractivity contribution in [1.29, 1.82) is 0 Å². The van der Waals surface area contributed by atoms with Crippen molar-refractivity contribution in [3.63, 3.8) is 0 Å². The van der Waals surface area contributed by atoms with Crippen molar-refractivity contribution < 1.29 is 8.42 Å². The van der Waals surface area contributed by atoms with E-state index in [4.69, 9.17) is 0 Å². The molecule has 0 amide bonds. The van der Waals surface area contributed by atoms with Crippen molar-refractivity contribution in [2.24, 2.45) is 0 Å². The summed E-state index contributed by atoms with van der Waals surface area (Å²) in [5.41, 5.74) is 4.90. The molecule has 0 atom stereocenters. The van der Waals surface area contributed by atoms with Gasteiger partial charge >= 0.3 is 0 Å². The van der Waals surface area contributed by atoms with Crippen molar-refractivity contribution in [3.05, 3.63) is 71.7 Å². The second-order valence-corrected chi connectivity index (χ2v) is 9.00. The number of aromatic nitrogens is 4. The lowest BCUT2D eigenvalue weighted by molar-refractivity contribution is 0.573. The van der Waals surface area contributed by atoms with E-state index < -0.39 is 10.0 Å². The van der Waals surface area contributed by atoms with Crippen LogP contribution in [0, 0.1) is 20.8 Å². The Morgan fingerprint density at radius 2 is 1.70 bits per heavy atom. The third-order valence-corrected chi connectivity index (χ3v) is 6.71. The maximum absolute atomic E-state index is 13.0. The second kappa shape index (κ2) is 7.97. The molecule has 3 aromatic heterocycles. The maximum Gasteiger partial charge on any atom is 0.241 e. The number of nitrogens with one attached hydrogen (secondary N) is 1. The first-order valence-corrected chi connectivity index (χ1v) is 11.1. The summed E-state index contributed by atoms with van der Waals surface area (Å²) in [6.07, 6.45) is 5.12. The van der Waals surface area contributed by atoms with Crippen molar-refractivity contribution >= 4 is 21.2 Å². The Hall–Kier alpha value is -3.10. The number of imidazole rings is 1. The Kier molecular flexibility index (Phi) is 5.36. The van der Waals surface area contributed by atoms with Crippen LogP contribution in [-0.4, -0.2) is 34.5 Å². The fraction of sp³-hybridized carbons (Fsp3) is 0.227. The van der Waals surface area contributed by atoms with Gasteiger partial charge in [-0.3, -0.25) is 4.98 Å². The summed E-state index contributed by atoms with van der Waals surface area (Å²) in [6, 6.07) is 11.3. The van der Waals surface area contributed by atoms with Crippen molar-refractivity contribution in [3.8, 4) is 11.4 Å². The Labute approximate surface area is 175 Å². The van der Waals surface area contributed by atoms with Crippen LogP contribution in [-0.2, 0) is 16.6 Å². The molecule has 0 saturated heterocycles. The van der Waals surface area contributed by atoms with E-state index in [0.717, 1.165) is 33.6 Å². The van der Waals surface area contributed by atoms with Crippen molar-refractivity contribution in [2.75, 3.05) is 6.54 Å². The summed E-state index contributed by atoms with van der Waals surface area (Å²) < 4.78 is 30.6. The van der Waals surface area contributed by atoms with Crippen LogP contribution in [0.1, 0.15) is 16.7 Å². The van der Waals surface area contributed by atoms with E-state index in [1.165, 1.54) is 0 Å². The highest BCUT2D eigenvalue weighted by molar-refractivity contribution is 7.89. The zero-order valence-electron chi connectivity index (χ0n) is 17.1. The molecule has 0 unspecified atom stereocenters. The van der Waals surface area contributed by atoms with Gasteiger partial charge in [0.1, 0.15) is 11.3 Å². The number of pyridine rings is 2. The molecule has 154 valence electrons. The van der Waals surface area contributed by atoms with E-state index in [1.54, 1.807) is 18.6 Å². The fourth-order valence-corrected chi connectivity index (χ4v) is 5.32. The van der Waals surface area contributed by atoms with Crippen molar-refractivity contribution in [2.45, 2.75) is 32.2 Å². The molecule has 30 heavy (non-hydrogen) atoms. The topological polar surface area (TPSA) is 89.8 Å². The molecule has 4 rings (SSSR count). The normalized spacial score (nSPS) is 11.8. The average Bonchev–Trinajstić information content (AvgIpc) is 3.06. The van der Waals surface area contributed by atoms with Crippen LogP contribution >= 0.6 is 0 Å². The molecule has 8 heteroatoms. The Morgan fingerprint density at radius 1 is 1.00 bits per heavy atom. The second-order valence-electron chi connectivity index (χ2n) is 7.29. The molecular formula is C22H23N5O2S. The van der Waals surface area contributed by atoms with E-state index in [9.17, 15) is 8.42 Å². The molecule has 0 saturated carbocycles. The highest BCUT2D eigenvalue weighted by Crippen LogP contribution is 2.24. The molecule has 0 bridgehead atoms. The van der Waals surface area contributed by atoms with Crippen LogP contribution in [0.4, 0.5) is 0 Å². The summed E-state index contributed by atoms with van der Waals surface area (Å²) in [5.74, 6) is 0.730. The molecule has 0 aliphatic heterocycles. The minimum atomic E-state index is -3.64. The minimum absolute atomic E-state index is 0.217. The zero-order valence-corrected chi connectivity index (χ0v) is 17.9. The van der Waals surface area contributed by atoms with Crippen LogP contribution in [0.5, 0.6) is 0 Å². The van der Waals surface area contributed by atoms with Gasteiger partial charge in [-0.1, -0.05) is 17.7 Å². The molecule has 1 N–H and O–H groups in total. The number of aryl methyl sites for hydroxylation is 3. The molecule has 3 heterocycles. The highest BCUT2D eigenvalue weighted by Gasteiger charge is 2.20. The van der Waals surface area contributed by atoms with Crippen LogP contribution in [0.3, 0.4) is 0 Å². The van der Waals surface area contributed by atoms with Gasteiger partial charge < -0.3 is 4.57 Å². The molecule has 4 aromatic rings. The first-order valence-electron chi connectivity index (χ1n) is 9.66. The molecule has 0 radical (unpaired) electrons. The van der Waals surface area contributed by atoms with Crippen LogP contribution in [0.2, 0.25) is 0 Å². The third-order valence-electron chi connectivity index (χ3n) is 4.94. The van der Waals surface area contributed by atoms with Crippen LogP contribution in [0.25, 0.3) is 22.6 Å². The lowest BCUT2D eigenvalue weighted by Crippen LogP contribution is -2.29. The zero-order chi connectivity index (χ0) is 21.3. The summed E-state index contributed by atoms with van der Waals surface area (Å²) in [4.78, 5) is 13.5. The van der Waals surface area contributed by atoms with E-state index in [2.05, 4.69) is 19.7 Å². The van der Waals surface area contributed by atoms with Gasteiger partial charge in [0.15, 0.2) is 5.65 Å². The number of benzene rings is 1. The lowest BCUT2D eigenvalue weighted by Gasteiger charge is -2.14. The molecule has 0 aliphatic carbocycles. The summed E-state index contributed by atoms with van der Waals surface area (Å²) in [6.45, 7) is 6.22.